The van der Waals surface area contributed by atoms with Crippen molar-refractivity contribution in [3.8, 4) is 11.5 Å². The van der Waals surface area contributed by atoms with Crippen molar-refractivity contribution in [2.24, 2.45) is 5.10 Å². The molecule has 34 heavy (non-hydrogen) atoms. The third-order valence-electron chi connectivity index (χ3n) is 4.65. The van der Waals surface area contributed by atoms with Crippen LogP contribution in [0.15, 0.2) is 70.1 Å². The number of nitrogens with zero attached hydrogens (tertiary/aromatic N) is 2. The number of para-hydroxylation sites is 2. The molecule has 0 radical (unpaired) electrons. The molecule has 0 spiro atoms. The molecule has 1 amide bonds. The zero-order valence-electron chi connectivity index (χ0n) is 18.0. The molecule has 4 rings (SSSR count). The molecule has 174 valence electrons. The van der Waals surface area contributed by atoms with Gasteiger partial charge in [-0.25, -0.2) is 10.4 Å². The van der Waals surface area contributed by atoms with Crippen molar-refractivity contribution in [2.45, 2.75) is 10.9 Å². The maximum Gasteiger partial charge on any atom is 0.250 e. The number of carbonyl (C=O) groups is 1. The lowest BCUT2D eigenvalue weighted by Gasteiger charge is -2.14. The molecule has 4 aromatic rings. The standard InChI is InChI=1S/C24H19Cl2N3O3S2/c1-31-20-10-4-6-15(23(20)32-13-16-17(25)7-5-8-18(16)26)12-27-29-22(30)14-33-24-28-19-9-2-3-11-21(19)34-24/h2-12H,13-14H2,1H3,(H,29,30)/b27-12+. The number of halogens is 2. The van der Waals surface area contributed by atoms with Crippen molar-refractivity contribution in [3.63, 3.8) is 0 Å². The van der Waals surface area contributed by atoms with Crippen molar-refractivity contribution in [1.82, 2.24) is 10.4 Å². The number of thioether (sulfide) groups is 1. The Hall–Kier alpha value is -2.78. The number of nitrogens with one attached hydrogen (secondary N) is 1. The van der Waals surface area contributed by atoms with Crippen LogP contribution in [-0.4, -0.2) is 30.0 Å². The Kier molecular flexibility index (Phi) is 8.29. The normalized spacial score (nSPS) is 11.1. The second-order valence-corrected chi connectivity index (χ2v) is 9.96. The fourth-order valence-corrected chi connectivity index (χ4v) is 5.38. The molecule has 0 saturated heterocycles. The predicted molar refractivity (Wildman–Crippen MR) is 140 cm³/mol. The highest BCUT2D eigenvalue weighted by molar-refractivity contribution is 8.01. The van der Waals surface area contributed by atoms with Crippen LogP contribution in [0.4, 0.5) is 0 Å². The van der Waals surface area contributed by atoms with E-state index in [-0.39, 0.29) is 18.3 Å². The topological polar surface area (TPSA) is 72.8 Å². The molecule has 1 aromatic heterocycles. The average molecular weight is 532 g/mol. The SMILES string of the molecule is COc1cccc(/C=N/NC(=O)CSc2nc3ccccc3s2)c1OCc1c(Cl)cccc1Cl. The van der Waals surface area contributed by atoms with Gasteiger partial charge in [0.25, 0.3) is 5.91 Å². The maximum atomic E-state index is 12.3. The van der Waals surface area contributed by atoms with Gasteiger partial charge in [0.2, 0.25) is 0 Å². The van der Waals surface area contributed by atoms with Crippen LogP contribution in [0.1, 0.15) is 11.1 Å². The Bertz CT molecular complexity index is 1290. The number of aromatic nitrogens is 1. The fraction of sp³-hybridized carbons (Fsp3) is 0.125. The van der Waals surface area contributed by atoms with Crippen molar-refractivity contribution in [2.75, 3.05) is 12.9 Å². The number of rotatable bonds is 9. The van der Waals surface area contributed by atoms with Gasteiger partial charge >= 0.3 is 0 Å². The largest absolute Gasteiger partial charge is 0.493 e. The first kappa shape index (κ1) is 24.3. The molecular formula is C24H19Cl2N3O3S2. The number of amides is 1. The molecule has 10 heteroatoms. The van der Waals surface area contributed by atoms with E-state index in [1.165, 1.54) is 18.0 Å². The number of thiazole rings is 1. The number of ether oxygens (including phenoxy) is 2. The van der Waals surface area contributed by atoms with Gasteiger partial charge in [0.05, 0.1) is 29.3 Å². The maximum absolute atomic E-state index is 12.3. The second-order valence-electron chi connectivity index (χ2n) is 6.90. The van der Waals surface area contributed by atoms with E-state index in [0.29, 0.717) is 32.7 Å². The molecule has 0 saturated carbocycles. The third kappa shape index (κ3) is 6.01. The van der Waals surface area contributed by atoms with Crippen LogP contribution < -0.4 is 14.9 Å². The van der Waals surface area contributed by atoms with Gasteiger partial charge in [-0.2, -0.15) is 5.10 Å². The van der Waals surface area contributed by atoms with Gasteiger partial charge in [0, 0.05) is 21.2 Å². The number of hydrogen-bond donors (Lipinski definition) is 1. The molecule has 0 atom stereocenters. The predicted octanol–water partition coefficient (Wildman–Crippen LogP) is 6.43. The molecule has 0 aliphatic heterocycles. The Morgan fingerprint density at radius 3 is 2.65 bits per heavy atom. The van der Waals surface area contributed by atoms with E-state index in [1.54, 1.807) is 54.8 Å². The summed E-state index contributed by atoms with van der Waals surface area (Å²) in [5, 5.41) is 5.10. The monoisotopic (exact) mass is 531 g/mol. The fourth-order valence-electron chi connectivity index (χ4n) is 3.01. The van der Waals surface area contributed by atoms with E-state index in [4.69, 9.17) is 32.7 Å². The van der Waals surface area contributed by atoms with Gasteiger partial charge in [-0.05, 0) is 36.4 Å². The molecular weight excluding hydrogens is 513 g/mol. The molecule has 0 aliphatic carbocycles. The van der Waals surface area contributed by atoms with Gasteiger partial charge in [-0.1, -0.05) is 59.2 Å². The van der Waals surface area contributed by atoms with Crippen LogP contribution in [0, 0.1) is 0 Å². The summed E-state index contributed by atoms with van der Waals surface area (Å²) < 4.78 is 13.3. The van der Waals surface area contributed by atoms with E-state index in [1.807, 2.05) is 24.3 Å². The molecule has 6 nitrogen and oxygen atoms in total. The van der Waals surface area contributed by atoms with Crippen molar-refractivity contribution in [3.05, 3.63) is 81.8 Å². The van der Waals surface area contributed by atoms with Gasteiger partial charge in [0.15, 0.2) is 15.8 Å². The van der Waals surface area contributed by atoms with E-state index in [9.17, 15) is 4.79 Å². The van der Waals surface area contributed by atoms with Gasteiger partial charge < -0.3 is 9.47 Å². The summed E-state index contributed by atoms with van der Waals surface area (Å²) in [6.07, 6.45) is 1.51. The lowest BCUT2D eigenvalue weighted by Crippen LogP contribution is -2.19. The van der Waals surface area contributed by atoms with Crippen molar-refractivity contribution >= 4 is 68.6 Å². The first-order valence-electron chi connectivity index (χ1n) is 10.1. The molecule has 1 heterocycles. The van der Waals surface area contributed by atoms with Gasteiger partial charge in [0.1, 0.15) is 6.61 Å². The lowest BCUT2D eigenvalue weighted by molar-refractivity contribution is -0.118. The van der Waals surface area contributed by atoms with E-state index in [0.717, 1.165) is 14.6 Å². The minimum atomic E-state index is -0.242. The Balaban J connectivity index is 1.39. The Morgan fingerprint density at radius 2 is 1.88 bits per heavy atom. The third-order valence-corrected chi connectivity index (χ3v) is 7.53. The first-order chi connectivity index (χ1) is 16.5. The summed E-state index contributed by atoms with van der Waals surface area (Å²) in [6.45, 7) is 0.144. The first-order valence-corrected chi connectivity index (χ1v) is 12.6. The smallest absolute Gasteiger partial charge is 0.250 e. The minimum absolute atomic E-state index is 0.144. The highest BCUT2D eigenvalue weighted by atomic mass is 35.5. The molecule has 1 N–H and O–H groups in total. The van der Waals surface area contributed by atoms with Crippen LogP contribution in [0.3, 0.4) is 0 Å². The summed E-state index contributed by atoms with van der Waals surface area (Å²) in [6, 6.07) is 18.5. The highest BCUT2D eigenvalue weighted by Gasteiger charge is 2.13. The van der Waals surface area contributed by atoms with Crippen LogP contribution in [-0.2, 0) is 11.4 Å². The number of carbonyl (C=O) groups excluding carboxylic acids is 1. The lowest BCUT2D eigenvalue weighted by atomic mass is 10.2. The van der Waals surface area contributed by atoms with Crippen molar-refractivity contribution in [1.29, 1.82) is 0 Å². The number of fused-ring (bicyclic) bond motifs is 1. The molecule has 0 fully saturated rings. The van der Waals surface area contributed by atoms with Crippen LogP contribution in [0.2, 0.25) is 10.0 Å². The molecule has 0 bridgehead atoms. The molecule has 0 unspecified atom stereocenters. The van der Waals surface area contributed by atoms with Crippen LogP contribution >= 0.6 is 46.3 Å². The zero-order chi connectivity index (χ0) is 23.9. The molecule has 0 aliphatic rings. The van der Waals surface area contributed by atoms with E-state index in [2.05, 4.69) is 15.5 Å². The van der Waals surface area contributed by atoms with Crippen LogP contribution in [0.5, 0.6) is 11.5 Å². The number of hydrogen-bond acceptors (Lipinski definition) is 7. The second kappa shape index (κ2) is 11.6. The van der Waals surface area contributed by atoms with Crippen molar-refractivity contribution < 1.29 is 14.3 Å². The van der Waals surface area contributed by atoms with Gasteiger partial charge in [-0.3, -0.25) is 4.79 Å². The average Bonchev–Trinajstić information content (AvgIpc) is 3.26. The number of benzene rings is 3. The Labute approximate surface area is 214 Å². The summed E-state index contributed by atoms with van der Waals surface area (Å²) in [4.78, 5) is 16.8. The van der Waals surface area contributed by atoms with E-state index >= 15 is 0 Å². The number of hydrazone groups is 1. The molecule has 3 aromatic carbocycles. The quantitative estimate of drug-likeness (QED) is 0.153. The van der Waals surface area contributed by atoms with Gasteiger partial charge in [-0.15, -0.1) is 11.3 Å². The minimum Gasteiger partial charge on any atom is -0.493 e. The summed E-state index contributed by atoms with van der Waals surface area (Å²) in [5.41, 5.74) is 4.76. The number of methoxy groups -OCH3 is 1. The highest BCUT2D eigenvalue weighted by Crippen LogP contribution is 2.33. The van der Waals surface area contributed by atoms with Crippen LogP contribution in [0.25, 0.3) is 10.2 Å². The Morgan fingerprint density at radius 1 is 1.12 bits per heavy atom. The summed E-state index contributed by atoms with van der Waals surface area (Å²) in [5.74, 6) is 0.935. The summed E-state index contributed by atoms with van der Waals surface area (Å²) >= 11 is 15.4. The zero-order valence-corrected chi connectivity index (χ0v) is 21.1. The summed E-state index contributed by atoms with van der Waals surface area (Å²) in [7, 11) is 1.55. The van der Waals surface area contributed by atoms with E-state index < -0.39 is 0 Å².